The molecule has 7 heteroatoms. The summed E-state index contributed by atoms with van der Waals surface area (Å²) in [6.45, 7) is 0. The molecule has 0 aliphatic heterocycles. The van der Waals surface area contributed by atoms with Crippen molar-refractivity contribution < 1.29 is 56.5 Å². The zero-order valence-electron chi connectivity index (χ0n) is 7.24. The average Bonchev–Trinajstić information content (AvgIpc) is 2.48. The third kappa shape index (κ3) is 1.70. The fraction of sp³-hybridized carbons (Fsp3) is 0.167. The Hall–Kier alpha value is -0.214. The van der Waals surface area contributed by atoms with Gasteiger partial charge in [-0.15, -0.1) is 0 Å². The largest absolute Gasteiger partial charge is 1.00 e. The summed E-state index contributed by atoms with van der Waals surface area (Å²) in [7, 11) is 1.51. The molecule has 2 heterocycles. The van der Waals surface area contributed by atoms with Crippen LogP contribution in [0.5, 0.6) is 6.01 Å². The third-order valence-electron chi connectivity index (χ3n) is 1.64. The molecule has 0 saturated heterocycles. The molecule has 2 aromatic heterocycles. The molecule has 0 aliphatic carbocycles. The van der Waals surface area contributed by atoms with Crippen LogP contribution in [-0.4, -0.2) is 19.5 Å². The van der Waals surface area contributed by atoms with Gasteiger partial charge in [-0.1, -0.05) is 0 Å². The predicted octanol–water partition coefficient (Wildman–Crippen LogP) is -4.27. The number of rotatable bonds is 0. The van der Waals surface area contributed by atoms with Crippen molar-refractivity contribution in [3.63, 3.8) is 0 Å². The van der Waals surface area contributed by atoms with Crippen LogP contribution in [0.3, 0.4) is 0 Å². The van der Waals surface area contributed by atoms with Gasteiger partial charge in [0.25, 0.3) is 5.56 Å². The Bertz CT molecular complexity index is 489. The molecule has 0 fully saturated rings. The Labute approximate surface area is 115 Å². The van der Waals surface area contributed by atoms with Gasteiger partial charge in [-0.05, 0) is 0 Å². The fourth-order valence-electron chi connectivity index (χ4n) is 1.01. The zero-order chi connectivity index (χ0) is 8.72. The van der Waals surface area contributed by atoms with Crippen molar-refractivity contribution in [1.82, 2.24) is 19.5 Å². The third-order valence-corrected chi connectivity index (χ3v) is 1.64. The topological polar surface area (TPSA) is 86.6 Å². The smallest absolute Gasteiger partial charge is 0.846 e. The van der Waals surface area contributed by atoms with Crippen LogP contribution >= 0.6 is 0 Å². The van der Waals surface area contributed by atoms with Gasteiger partial charge in [0.1, 0.15) is 0 Å². The Morgan fingerprint density at radius 3 is 3.00 bits per heavy atom. The number of imidazole rings is 1. The molecule has 0 bridgehead atoms. The molecule has 6 nitrogen and oxygen atoms in total. The standard InChI is InChI=1S/C6H6N4O2.K/c1-10-4-3(7-2-8-4)5(11)9-6(10)12;/h2H,1H3,(H,7,8)(H,9,11,12);/q;+1/p-1. The van der Waals surface area contributed by atoms with Crippen molar-refractivity contribution in [3.05, 3.63) is 16.7 Å². The summed E-state index contributed by atoms with van der Waals surface area (Å²) >= 11 is 0. The van der Waals surface area contributed by atoms with Gasteiger partial charge >= 0.3 is 51.4 Å². The molecular weight excluding hydrogens is 199 g/mol. The zero-order valence-corrected chi connectivity index (χ0v) is 10.4. The molecule has 0 aromatic carbocycles. The number of hydrogen-bond donors (Lipinski definition) is 1. The number of nitrogens with one attached hydrogen (secondary N) is 1. The molecule has 0 saturated carbocycles. The summed E-state index contributed by atoms with van der Waals surface area (Å²) in [5, 5.41) is 10.9. The second-order valence-corrected chi connectivity index (χ2v) is 2.36. The molecule has 2 aromatic rings. The maximum atomic E-state index is 11.0. The number of nitrogens with zero attached hydrogens (tertiary/aromatic N) is 3. The van der Waals surface area contributed by atoms with Crippen LogP contribution in [0.1, 0.15) is 0 Å². The van der Waals surface area contributed by atoms with Gasteiger partial charge in [0, 0.05) is 7.05 Å². The second kappa shape index (κ2) is 3.89. The number of hydrogen-bond acceptors (Lipinski definition) is 4. The summed E-state index contributed by atoms with van der Waals surface area (Å²) in [5.41, 5.74) is 0.0303. The number of aryl methyl sites for hydroxylation is 1. The quantitative estimate of drug-likeness (QED) is 0.440. The van der Waals surface area contributed by atoms with E-state index >= 15 is 0 Å². The van der Waals surface area contributed by atoms with E-state index in [1.165, 1.54) is 17.9 Å². The van der Waals surface area contributed by atoms with Crippen LogP contribution in [0, 0.1) is 0 Å². The van der Waals surface area contributed by atoms with Crippen molar-refractivity contribution in [3.8, 4) is 6.01 Å². The first-order valence-corrected chi connectivity index (χ1v) is 3.27. The Morgan fingerprint density at radius 2 is 2.31 bits per heavy atom. The number of aromatic amines is 1. The van der Waals surface area contributed by atoms with Gasteiger partial charge < -0.3 is 14.7 Å². The number of H-pyrrole nitrogens is 1. The summed E-state index contributed by atoms with van der Waals surface area (Å²) in [4.78, 5) is 20.7. The summed E-state index contributed by atoms with van der Waals surface area (Å²) in [6.07, 6.45) is 1.35. The summed E-state index contributed by atoms with van der Waals surface area (Å²) in [5.74, 6) is 0. The van der Waals surface area contributed by atoms with Crippen molar-refractivity contribution in [1.29, 1.82) is 0 Å². The van der Waals surface area contributed by atoms with E-state index in [1.807, 2.05) is 0 Å². The average molecular weight is 204 g/mol. The normalized spacial score (nSPS) is 9.92. The van der Waals surface area contributed by atoms with E-state index < -0.39 is 11.6 Å². The molecule has 0 atom stereocenters. The molecule has 0 amide bonds. The Kier molecular flexibility index (Phi) is 3.25. The molecule has 62 valence electrons. The van der Waals surface area contributed by atoms with Crippen molar-refractivity contribution >= 4 is 11.2 Å². The van der Waals surface area contributed by atoms with Crippen molar-refractivity contribution in [2.24, 2.45) is 7.05 Å². The summed E-state index contributed by atoms with van der Waals surface area (Å²) in [6, 6.07) is -0.584. The van der Waals surface area contributed by atoms with Gasteiger partial charge in [-0.25, -0.2) is 9.97 Å². The van der Waals surface area contributed by atoms with E-state index in [2.05, 4.69) is 15.0 Å². The second-order valence-electron chi connectivity index (χ2n) is 2.36. The van der Waals surface area contributed by atoms with Crippen molar-refractivity contribution in [2.45, 2.75) is 0 Å². The Morgan fingerprint density at radius 1 is 1.62 bits per heavy atom. The van der Waals surface area contributed by atoms with Gasteiger partial charge in [-0.2, -0.15) is 0 Å². The first kappa shape index (κ1) is 10.9. The molecule has 0 spiro atoms. The van der Waals surface area contributed by atoms with E-state index in [9.17, 15) is 9.90 Å². The van der Waals surface area contributed by atoms with E-state index in [0.717, 1.165) is 0 Å². The van der Waals surface area contributed by atoms with E-state index in [4.69, 9.17) is 0 Å². The van der Waals surface area contributed by atoms with Crippen molar-refractivity contribution in [2.75, 3.05) is 0 Å². The molecule has 0 aliphatic rings. The van der Waals surface area contributed by atoms with Crippen LogP contribution in [0.15, 0.2) is 11.1 Å². The maximum Gasteiger partial charge on any atom is 1.00 e. The van der Waals surface area contributed by atoms with E-state index in [-0.39, 0.29) is 56.9 Å². The maximum absolute atomic E-state index is 11.0. The molecule has 0 radical (unpaired) electrons. The minimum Gasteiger partial charge on any atom is -0.846 e. The number of fused-ring (bicyclic) bond motifs is 1. The Balaban J connectivity index is 0.000000845. The van der Waals surface area contributed by atoms with Crippen LogP contribution < -0.4 is 62.1 Å². The summed E-state index contributed by atoms with van der Waals surface area (Å²) < 4.78 is 1.22. The van der Waals surface area contributed by atoms with Crippen LogP contribution in [0.4, 0.5) is 0 Å². The molecule has 2 rings (SSSR count). The van der Waals surface area contributed by atoms with Gasteiger partial charge in [0.15, 0.2) is 11.2 Å². The van der Waals surface area contributed by atoms with Crippen LogP contribution in [0.25, 0.3) is 11.2 Å². The van der Waals surface area contributed by atoms with Gasteiger partial charge in [0.2, 0.25) is 0 Å². The minimum atomic E-state index is -0.584. The number of aromatic nitrogens is 4. The monoisotopic (exact) mass is 204 g/mol. The first-order valence-electron chi connectivity index (χ1n) is 3.27. The fourth-order valence-corrected chi connectivity index (χ4v) is 1.01. The molecule has 13 heavy (non-hydrogen) atoms. The minimum absolute atomic E-state index is 0. The van der Waals surface area contributed by atoms with E-state index in [1.54, 1.807) is 0 Å². The van der Waals surface area contributed by atoms with Gasteiger partial charge in [-0.3, -0.25) is 4.79 Å². The molecule has 0 unspecified atom stereocenters. The first-order chi connectivity index (χ1) is 5.70. The van der Waals surface area contributed by atoms with E-state index in [0.29, 0.717) is 5.65 Å². The SMILES string of the molecule is Cn1c([O-])nc(=O)c2[nH]cnc21.[K+]. The van der Waals surface area contributed by atoms with Crippen LogP contribution in [0.2, 0.25) is 0 Å². The molecular formula is C6H5KN4O2. The van der Waals surface area contributed by atoms with Gasteiger partial charge in [0.05, 0.1) is 12.3 Å². The van der Waals surface area contributed by atoms with Crippen LogP contribution in [-0.2, 0) is 7.05 Å². The molecule has 1 N–H and O–H groups in total. The predicted molar refractivity (Wildman–Crippen MR) is 38.6 cm³/mol.